The summed E-state index contributed by atoms with van der Waals surface area (Å²) in [6.07, 6.45) is 2.32. The third-order valence-corrected chi connectivity index (χ3v) is 7.74. The molecule has 3 aromatic rings. The molecule has 2 heterocycles. The van der Waals surface area contributed by atoms with Crippen LogP contribution in [0.5, 0.6) is 5.75 Å². The number of primary sulfonamides is 1. The number of likely N-dealkylation sites (tertiary alicyclic amines) is 1. The molecule has 2 aromatic carbocycles. The Labute approximate surface area is 232 Å². The molecule has 1 aliphatic heterocycles. The largest absolute Gasteiger partial charge is 0.476 e. The van der Waals surface area contributed by atoms with Crippen molar-refractivity contribution in [3.05, 3.63) is 65.9 Å². The average molecular weight is 573 g/mol. The minimum atomic E-state index is -3.88. The van der Waals surface area contributed by atoms with Gasteiger partial charge in [0.2, 0.25) is 27.8 Å². The predicted octanol–water partition coefficient (Wildman–Crippen LogP) is 2.68. The fourth-order valence-electron chi connectivity index (χ4n) is 5.40. The first-order valence-electron chi connectivity index (χ1n) is 12.9. The topological polar surface area (TPSA) is 155 Å². The van der Waals surface area contributed by atoms with E-state index in [9.17, 15) is 27.2 Å². The molecule has 0 aliphatic carbocycles. The number of halogens is 1. The van der Waals surface area contributed by atoms with Gasteiger partial charge in [0.25, 0.3) is 0 Å². The number of nitrogens with two attached hydrogens (primary N) is 2. The van der Waals surface area contributed by atoms with Gasteiger partial charge in [0.15, 0.2) is 5.78 Å². The molecule has 1 aromatic heterocycles. The molecule has 1 aliphatic rings. The molecule has 4 rings (SSSR count). The van der Waals surface area contributed by atoms with Crippen molar-refractivity contribution in [1.29, 1.82) is 0 Å². The monoisotopic (exact) mass is 572 g/mol. The molecule has 1 saturated heterocycles. The number of ketones is 1. The Morgan fingerprint density at radius 3 is 2.50 bits per heavy atom. The van der Waals surface area contributed by atoms with Gasteiger partial charge in [0.05, 0.1) is 6.54 Å². The van der Waals surface area contributed by atoms with Gasteiger partial charge in [0.1, 0.15) is 24.0 Å². The molecule has 12 heteroatoms. The minimum Gasteiger partial charge on any atom is -0.476 e. The Morgan fingerprint density at radius 1 is 1.12 bits per heavy atom. The third-order valence-electron chi connectivity index (χ3n) is 7.29. The van der Waals surface area contributed by atoms with E-state index in [2.05, 4.69) is 0 Å². The maximum absolute atomic E-state index is 14.7. The van der Waals surface area contributed by atoms with E-state index < -0.39 is 39.5 Å². The van der Waals surface area contributed by atoms with Crippen LogP contribution in [0.4, 0.5) is 4.39 Å². The Kier molecular flexibility index (Phi) is 8.59. The van der Waals surface area contributed by atoms with Crippen molar-refractivity contribution in [2.75, 3.05) is 12.5 Å². The van der Waals surface area contributed by atoms with Crippen LogP contribution in [0, 0.1) is 0 Å². The third kappa shape index (κ3) is 6.50. The summed E-state index contributed by atoms with van der Waals surface area (Å²) in [5.41, 5.74) is 6.31. The molecule has 0 spiro atoms. The Balaban J connectivity index is 1.55. The van der Waals surface area contributed by atoms with E-state index in [1.807, 2.05) is 30.3 Å². The fraction of sp³-hybridized carbons (Fsp3) is 0.393. The summed E-state index contributed by atoms with van der Waals surface area (Å²) < 4.78 is 44.0. The first kappa shape index (κ1) is 29.2. The molecule has 214 valence electrons. The lowest BCUT2D eigenvalue weighted by Crippen LogP contribution is -2.56. The van der Waals surface area contributed by atoms with Crippen LogP contribution in [0.1, 0.15) is 48.5 Å². The quantitative estimate of drug-likeness (QED) is 0.251. The highest BCUT2D eigenvalue weighted by atomic mass is 32.2. The van der Waals surface area contributed by atoms with Gasteiger partial charge in [-0.05, 0) is 49.9 Å². The highest BCUT2D eigenvalue weighted by Gasteiger charge is 2.52. The molecule has 1 fully saturated rings. The van der Waals surface area contributed by atoms with Crippen LogP contribution in [0.25, 0.3) is 10.9 Å². The van der Waals surface area contributed by atoms with Crippen LogP contribution < -0.4 is 15.6 Å². The number of aryl methyl sites for hydroxylation is 1. The van der Waals surface area contributed by atoms with Crippen LogP contribution >= 0.6 is 0 Å². The molecule has 2 amide bonds. The number of primary amides is 1. The number of carbonyl (C=O) groups is 3. The van der Waals surface area contributed by atoms with Gasteiger partial charge < -0.3 is 19.9 Å². The molecule has 40 heavy (non-hydrogen) atoms. The molecule has 2 atom stereocenters. The molecular weight excluding hydrogens is 539 g/mol. The number of nitrogens with zero attached hydrogens (tertiary/aromatic N) is 2. The zero-order valence-corrected chi connectivity index (χ0v) is 23.0. The van der Waals surface area contributed by atoms with Crippen molar-refractivity contribution in [3.8, 4) is 5.75 Å². The van der Waals surface area contributed by atoms with Gasteiger partial charge in [0, 0.05) is 29.1 Å². The van der Waals surface area contributed by atoms with Crippen LogP contribution in [-0.2, 0) is 32.6 Å². The van der Waals surface area contributed by atoms with Crippen molar-refractivity contribution >= 4 is 38.5 Å². The van der Waals surface area contributed by atoms with E-state index in [1.165, 1.54) is 30.2 Å². The highest BCUT2D eigenvalue weighted by molar-refractivity contribution is 7.88. The molecule has 0 bridgehead atoms. The van der Waals surface area contributed by atoms with Crippen LogP contribution in [0.2, 0.25) is 0 Å². The van der Waals surface area contributed by atoms with Gasteiger partial charge in [-0.2, -0.15) is 0 Å². The lowest BCUT2D eigenvalue weighted by Gasteiger charge is -2.35. The van der Waals surface area contributed by atoms with Crippen molar-refractivity contribution in [2.45, 2.75) is 57.3 Å². The standard InChI is InChI=1S/C28H33FN4O6S/c1-19(34)24-16-32(25-11-10-22(13-23(24)25)39-18-40(31,37)38)17-26(35)33-15-21(29)14-28(33,27(30)36)12-6-5-9-20-7-3-2-4-8-20/h2-4,7-8,10-11,13,16,21H,5-6,9,12,14-15,17-18H2,1H3,(H2,30,36)(H2,31,37,38). The Hall–Kier alpha value is -3.77. The Bertz CT molecular complexity index is 1520. The summed E-state index contributed by atoms with van der Waals surface area (Å²) in [4.78, 5) is 39.9. The first-order chi connectivity index (χ1) is 18.9. The normalized spacial score (nSPS) is 19.2. The van der Waals surface area contributed by atoms with E-state index in [-0.39, 0.29) is 43.0 Å². The zero-order valence-electron chi connectivity index (χ0n) is 22.2. The number of amides is 2. The summed E-state index contributed by atoms with van der Waals surface area (Å²) >= 11 is 0. The predicted molar refractivity (Wildman–Crippen MR) is 148 cm³/mol. The lowest BCUT2D eigenvalue weighted by atomic mass is 9.87. The molecule has 4 N–H and O–H groups in total. The van der Waals surface area contributed by atoms with Crippen molar-refractivity contribution in [1.82, 2.24) is 9.47 Å². The van der Waals surface area contributed by atoms with Crippen molar-refractivity contribution in [2.24, 2.45) is 10.9 Å². The van der Waals surface area contributed by atoms with Gasteiger partial charge in [-0.3, -0.25) is 14.4 Å². The van der Waals surface area contributed by atoms with Gasteiger partial charge in [-0.15, -0.1) is 0 Å². The summed E-state index contributed by atoms with van der Waals surface area (Å²) in [5.74, 6) is -2.08. The second-order valence-corrected chi connectivity index (χ2v) is 11.8. The number of ether oxygens (including phenoxy) is 1. The number of benzene rings is 2. The second kappa shape index (κ2) is 11.8. The highest BCUT2D eigenvalue weighted by Crippen LogP contribution is 2.36. The molecule has 2 unspecified atom stereocenters. The van der Waals surface area contributed by atoms with Crippen LogP contribution in [-0.4, -0.2) is 59.7 Å². The Morgan fingerprint density at radius 2 is 1.85 bits per heavy atom. The summed E-state index contributed by atoms with van der Waals surface area (Å²) in [6.45, 7) is 0.859. The average Bonchev–Trinajstić information content (AvgIpc) is 3.43. The van der Waals surface area contributed by atoms with Crippen molar-refractivity contribution < 1.29 is 31.9 Å². The maximum Gasteiger partial charge on any atom is 0.244 e. The van der Waals surface area contributed by atoms with E-state index in [4.69, 9.17) is 15.6 Å². The summed E-state index contributed by atoms with van der Waals surface area (Å²) in [6, 6.07) is 14.4. The SMILES string of the molecule is CC(=O)c1cn(CC(=O)N2CC(F)CC2(CCCCc2ccccc2)C(N)=O)c2ccc(OCS(N)(=O)=O)cc12. The number of hydrogen-bond donors (Lipinski definition) is 2. The fourth-order valence-corrected chi connectivity index (χ4v) is 5.70. The van der Waals surface area contributed by atoms with E-state index in [1.54, 1.807) is 10.6 Å². The molecule has 0 saturated carbocycles. The number of carbonyl (C=O) groups excluding carboxylic acids is 3. The number of unbranched alkanes of at least 4 members (excludes halogenated alkanes) is 1. The number of aromatic nitrogens is 1. The number of hydrogen-bond acceptors (Lipinski definition) is 6. The zero-order chi connectivity index (χ0) is 29.1. The molecule has 10 nitrogen and oxygen atoms in total. The second-order valence-electron chi connectivity index (χ2n) is 10.2. The lowest BCUT2D eigenvalue weighted by molar-refractivity contribution is -0.144. The van der Waals surface area contributed by atoms with Gasteiger partial charge in [-0.1, -0.05) is 36.8 Å². The van der Waals surface area contributed by atoms with Gasteiger partial charge in [-0.25, -0.2) is 17.9 Å². The number of sulfonamides is 1. The number of Topliss-reactive ketones (excluding diaryl/α,β-unsaturated/α-hetero) is 1. The van der Waals surface area contributed by atoms with Crippen molar-refractivity contribution in [3.63, 3.8) is 0 Å². The number of alkyl halides is 1. The summed E-state index contributed by atoms with van der Waals surface area (Å²) in [5, 5.41) is 5.44. The smallest absolute Gasteiger partial charge is 0.244 e. The maximum atomic E-state index is 14.7. The number of rotatable bonds is 12. The van der Waals surface area contributed by atoms with E-state index in [0.717, 1.165) is 18.4 Å². The summed E-state index contributed by atoms with van der Waals surface area (Å²) in [7, 11) is -3.88. The van der Waals surface area contributed by atoms with Crippen LogP contribution in [0.3, 0.4) is 0 Å². The first-order valence-corrected chi connectivity index (χ1v) is 14.7. The van der Waals surface area contributed by atoms with Gasteiger partial charge >= 0.3 is 0 Å². The number of fused-ring (bicyclic) bond motifs is 1. The van der Waals surface area contributed by atoms with Crippen LogP contribution in [0.15, 0.2) is 54.7 Å². The van der Waals surface area contributed by atoms with E-state index in [0.29, 0.717) is 17.3 Å². The molecule has 0 radical (unpaired) electrons. The minimum absolute atomic E-state index is 0.157. The van der Waals surface area contributed by atoms with E-state index >= 15 is 0 Å². The molecular formula is C28H33FN4O6S.